The number of carbonyl (C=O) groups is 2. The van der Waals surface area contributed by atoms with Gasteiger partial charge in [0, 0.05) is 51.5 Å². The van der Waals surface area contributed by atoms with Crippen LogP contribution in [0.3, 0.4) is 0 Å². The molecule has 0 fully saturated rings. The van der Waals surface area contributed by atoms with Gasteiger partial charge in [0.1, 0.15) is 23.2 Å². The number of nitrogens with zero attached hydrogens (tertiary/aromatic N) is 2. The Balaban J connectivity index is 1.29. The van der Waals surface area contributed by atoms with Crippen LogP contribution in [0.1, 0.15) is 62.1 Å². The summed E-state index contributed by atoms with van der Waals surface area (Å²) < 4.78 is 25.8. The summed E-state index contributed by atoms with van der Waals surface area (Å²) in [6, 6.07) is 16.8. The largest absolute Gasteiger partial charge is 0.469 e. The third kappa shape index (κ3) is 4.13. The molecule has 0 saturated carbocycles. The Morgan fingerprint density at radius 1 is 1.00 bits per heavy atom. The van der Waals surface area contributed by atoms with Crippen molar-refractivity contribution >= 4 is 28.6 Å². The molecule has 6 aromatic rings. The van der Waals surface area contributed by atoms with Gasteiger partial charge in [0.05, 0.1) is 12.3 Å². The van der Waals surface area contributed by atoms with E-state index in [0.717, 1.165) is 50.0 Å². The molecule has 0 aliphatic carbocycles. The van der Waals surface area contributed by atoms with E-state index in [-0.39, 0.29) is 30.2 Å². The summed E-state index contributed by atoms with van der Waals surface area (Å²) in [4.78, 5) is 40.3. The SMILES string of the molecule is CC(C)OC(=O)N[C@H]1Cc2ccc3c(c2)[C@]24c5cccc(c5NC2O3)-c2cccc3[nH]cc(c23)-c2cnc(o2)-c2nc(oc24)[C@H](C(C)C)NC1=O. The molecular formula is C39H34N6O6. The smallest absolute Gasteiger partial charge is 0.408 e. The summed E-state index contributed by atoms with van der Waals surface area (Å²) in [6.07, 6.45) is 2.21. The molecule has 4 atom stereocenters. The highest BCUT2D eigenvalue weighted by molar-refractivity contribution is 6.07. The van der Waals surface area contributed by atoms with Crippen LogP contribution in [-0.4, -0.2) is 45.3 Å². The average molecular weight is 683 g/mol. The fraction of sp³-hybridized carbons (Fsp3) is 0.282. The molecule has 10 rings (SSSR count). The molecule has 4 aliphatic heterocycles. The molecular weight excluding hydrogens is 648 g/mol. The van der Waals surface area contributed by atoms with Crippen molar-refractivity contribution in [2.24, 2.45) is 5.92 Å². The number of fused-ring (bicyclic) bond motifs is 7. The van der Waals surface area contributed by atoms with Crippen LogP contribution in [0.15, 0.2) is 75.8 Å². The van der Waals surface area contributed by atoms with Crippen LogP contribution in [0.25, 0.3) is 44.9 Å². The Morgan fingerprint density at radius 3 is 2.69 bits per heavy atom. The number of alkyl carbamates (subject to hydrolysis) is 1. The number of hydrogen-bond donors (Lipinski definition) is 4. The minimum atomic E-state index is -1.04. The summed E-state index contributed by atoms with van der Waals surface area (Å²) in [5.74, 6) is 1.77. The fourth-order valence-corrected chi connectivity index (χ4v) is 8.25. The summed E-state index contributed by atoms with van der Waals surface area (Å²) in [5, 5.41) is 10.7. The van der Waals surface area contributed by atoms with Gasteiger partial charge in [0.2, 0.25) is 17.7 Å². The highest BCUT2D eigenvalue weighted by atomic mass is 16.6. The number of anilines is 1. The van der Waals surface area contributed by atoms with E-state index in [1.54, 1.807) is 20.0 Å². The van der Waals surface area contributed by atoms with Gasteiger partial charge in [-0.2, -0.15) is 0 Å². The van der Waals surface area contributed by atoms with Gasteiger partial charge >= 0.3 is 6.09 Å². The van der Waals surface area contributed by atoms with Crippen LogP contribution in [0.4, 0.5) is 10.5 Å². The monoisotopic (exact) mass is 682 g/mol. The number of hydrogen-bond acceptors (Lipinski definition) is 9. The summed E-state index contributed by atoms with van der Waals surface area (Å²) in [5.41, 5.74) is 6.76. The van der Waals surface area contributed by atoms with Gasteiger partial charge in [-0.05, 0) is 43.0 Å². The Bertz CT molecular complexity index is 2440. The molecule has 256 valence electrons. The molecule has 3 aromatic heterocycles. The lowest BCUT2D eigenvalue weighted by atomic mass is 9.72. The highest BCUT2D eigenvalue weighted by Gasteiger charge is 2.61. The number of rotatable bonds is 3. The van der Waals surface area contributed by atoms with E-state index in [1.165, 1.54) is 0 Å². The van der Waals surface area contributed by atoms with E-state index < -0.39 is 35.7 Å². The predicted molar refractivity (Wildman–Crippen MR) is 187 cm³/mol. The standard InChI is InChI=1S/C39H34N6O6/c1-17(2)30-36-44-32-33(51-36)39-23-9-5-8-21(20-7-6-10-25-29(20)22(15-40-25)28-16-41-35(32)49-28)31(23)45-37(39)50-27-12-11-19(13-24(27)39)14-26(34(46)43-30)42-38(47)48-18(3)4/h5-13,15-18,26,30,37,40,45H,14H2,1-4H3,(H,42,47)(H,43,46)/t26-,30-,37?,39-/m0/s1. The van der Waals surface area contributed by atoms with Crippen LogP contribution in [0.2, 0.25) is 0 Å². The molecule has 0 radical (unpaired) electrons. The number of nitrogens with one attached hydrogen (secondary N) is 4. The van der Waals surface area contributed by atoms with E-state index in [2.05, 4.69) is 45.2 Å². The second-order valence-corrected chi connectivity index (χ2v) is 14.3. The first-order valence-electron chi connectivity index (χ1n) is 17.3. The number of aromatic amines is 1. The van der Waals surface area contributed by atoms with E-state index in [0.29, 0.717) is 23.0 Å². The van der Waals surface area contributed by atoms with Gasteiger partial charge in [0.25, 0.3) is 0 Å². The zero-order chi connectivity index (χ0) is 34.8. The first-order valence-corrected chi connectivity index (χ1v) is 17.3. The van der Waals surface area contributed by atoms with Gasteiger partial charge in [-0.15, -0.1) is 0 Å². The van der Waals surface area contributed by atoms with Gasteiger partial charge in [-0.25, -0.2) is 14.8 Å². The second kappa shape index (κ2) is 10.5. The van der Waals surface area contributed by atoms with Gasteiger partial charge in [0.15, 0.2) is 23.4 Å². The maximum atomic E-state index is 14.1. The number of amides is 2. The van der Waals surface area contributed by atoms with Crippen molar-refractivity contribution in [2.45, 2.75) is 63.9 Å². The maximum Gasteiger partial charge on any atom is 0.408 e. The normalized spacial score (nSPS) is 22.1. The quantitative estimate of drug-likeness (QED) is 0.157. The molecule has 3 aromatic carbocycles. The van der Waals surface area contributed by atoms with Crippen LogP contribution >= 0.6 is 0 Å². The van der Waals surface area contributed by atoms with Crippen LogP contribution < -0.4 is 20.7 Å². The summed E-state index contributed by atoms with van der Waals surface area (Å²) in [6.45, 7) is 7.49. The lowest BCUT2D eigenvalue weighted by Gasteiger charge is -2.28. The Kier molecular flexibility index (Phi) is 6.14. The third-order valence-corrected chi connectivity index (χ3v) is 10.5. The number of H-pyrrole nitrogens is 1. The zero-order valence-corrected chi connectivity index (χ0v) is 28.3. The molecule has 10 bridgehead atoms. The number of ether oxygens (including phenoxy) is 2. The lowest BCUT2D eigenvalue weighted by molar-refractivity contribution is -0.124. The fourth-order valence-electron chi connectivity index (χ4n) is 8.25. The zero-order valence-electron chi connectivity index (χ0n) is 28.3. The number of para-hydroxylation sites is 1. The second-order valence-electron chi connectivity index (χ2n) is 14.3. The Morgan fingerprint density at radius 2 is 1.84 bits per heavy atom. The molecule has 1 spiro atoms. The van der Waals surface area contributed by atoms with Crippen LogP contribution in [-0.2, 0) is 21.4 Å². The van der Waals surface area contributed by atoms with E-state index in [1.807, 2.05) is 50.4 Å². The number of carbonyl (C=O) groups excluding carboxylic acids is 2. The number of aromatic nitrogens is 3. The Labute approximate surface area is 291 Å². The van der Waals surface area contributed by atoms with E-state index in [9.17, 15) is 9.59 Å². The van der Waals surface area contributed by atoms with Gasteiger partial charge in [-0.3, -0.25) is 4.79 Å². The maximum absolute atomic E-state index is 14.1. The first kappa shape index (κ1) is 29.8. The van der Waals surface area contributed by atoms with Crippen LogP contribution in [0, 0.1) is 5.92 Å². The van der Waals surface area contributed by atoms with E-state index in [4.69, 9.17) is 28.3 Å². The Hall–Kier alpha value is -6.04. The minimum absolute atomic E-state index is 0.147. The molecule has 4 N–H and O–H groups in total. The average Bonchev–Trinajstić information content (AvgIpc) is 3.92. The van der Waals surface area contributed by atoms with Crippen molar-refractivity contribution in [2.75, 3.05) is 5.32 Å². The van der Waals surface area contributed by atoms with Crippen LogP contribution in [0.5, 0.6) is 5.75 Å². The predicted octanol–water partition coefficient (Wildman–Crippen LogP) is 6.81. The van der Waals surface area contributed by atoms with Crippen molar-refractivity contribution < 1.29 is 27.9 Å². The van der Waals surface area contributed by atoms with Crippen molar-refractivity contribution in [3.63, 3.8) is 0 Å². The molecule has 7 heterocycles. The minimum Gasteiger partial charge on any atom is -0.469 e. The summed E-state index contributed by atoms with van der Waals surface area (Å²) in [7, 11) is 0. The molecule has 12 heteroatoms. The molecule has 2 amide bonds. The topological polar surface area (TPSA) is 157 Å². The van der Waals surface area contributed by atoms with E-state index >= 15 is 0 Å². The van der Waals surface area contributed by atoms with Gasteiger partial charge in [-0.1, -0.05) is 56.3 Å². The van der Waals surface area contributed by atoms with Crippen molar-refractivity contribution in [3.05, 3.63) is 95.3 Å². The lowest BCUT2D eigenvalue weighted by Crippen LogP contribution is -2.50. The highest BCUT2D eigenvalue weighted by Crippen LogP contribution is 2.61. The third-order valence-electron chi connectivity index (χ3n) is 10.5. The van der Waals surface area contributed by atoms with Crippen molar-refractivity contribution in [1.82, 2.24) is 25.6 Å². The molecule has 1 unspecified atom stereocenters. The molecule has 0 saturated heterocycles. The van der Waals surface area contributed by atoms with Crippen molar-refractivity contribution in [1.29, 1.82) is 0 Å². The molecule has 4 aliphatic rings. The number of oxazole rings is 2. The van der Waals surface area contributed by atoms with Crippen molar-refractivity contribution in [3.8, 4) is 39.8 Å². The van der Waals surface area contributed by atoms with Gasteiger partial charge < -0.3 is 39.2 Å². The number of benzene rings is 3. The molecule has 51 heavy (non-hydrogen) atoms. The summed E-state index contributed by atoms with van der Waals surface area (Å²) >= 11 is 0. The molecule has 12 nitrogen and oxygen atoms in total. The first-order chi connectivity index (χ1) is 24.7.